The number of hydrogen-bond acceptors (Lipinski definition) is 4. The van der Waals surface area contributed by atoms with Crippen LogP contribution in [-0.2, 0) is 11.3 Å². The van der Waals surface area contributed by atoms with Crippen molar-refractivity contribution in [2.45, 2.75) is 19.4 Å². The minimum Gasteiger partial charge on any atom is -0.492 e. The average Bonchev–Trinajstić information content (AvgIpc) is 3.02. The summed E-state index contributed by atoms with van der Waals surface area (Å²) in [6.45, 7) is 4.15. The zero-order chi connectivity index (χ0) is 15.1. The van der Waals surface area contributed by atoms with Crippen LogP contribution in [0.1, 0.15) is 18.4 Å². The van der Waals surface area contributed by atoms with E-state index in [1.807, 2.05) is 41.1 Å². The molecule has 1 aliphatic heterocycles. The van der Waals surface area contributed by atoms with E-state index in [-0.39, 0.29) is 5.91 Å². The molecule has 0 saturated carbocycles. The third-order valence-electron chi connectivity index (χ3n) is 3.76. The van der Waals surface area contributed by atoms with Gasteiger partial charge in [-0.2, -0.15) is 0 Å². The molecule has 116 valence electrons. The molecule has 1 amide bonds. The molecule has 1 aliphatic rings. The van der Waals surface area contributed by atoms with Crippen molar-refractivity contribution in [2.75, 3.05) is 39.8 Å². The van der Waals surface area contributed by atoms with Gasteiger partial charge in [-0.15, -0.1) is 0 Å². The van der Waals surface area contributed by atoms with Crippen LogP contribution in [0.25, 0.3) is 0 Å². The largest absolute Gasteiger partial charge is 0.492 e. The van der Waals surface area contributed by atoms with Crippen LogP contribution < -0.4 is 10.5 Å². The summed E-state index contributed by atoms with van der Waals surface area (Å²) < 4.78 is 5.68. The van der Waals surface area contributed by atoms with Gasteiger partial charge in [0.1, 0.15) is 12.4 Å². The number of ether oxygens (including phenoxy) is 1. The summed E-state index contributed by atoms with van der Waals surface area (Å²) in [5.74, 6) is 1.06. The molecule has 0 aromatic heterocycles. The van der Waals surface area contributed by atoms with E-state index in [1.54, 1.807) is 0 Å². The lowest BCUT2D eigenvalue weighted by molar-refractivity contribution is -0.131. The Hall–Kier alpha value is -1.59. The molecule has 0 atom stereocenters. The predicted octanol–water partition coefficient (Wildman–Crippen LogP) is 1.08. The Balaban J connectivity index is 1.66. The highest BCUT2D eigenvalue weighted by molar-refractivity contribution is 5.78. The molecule has 5 nitrogen and oxygen atoms in total. The Bertz CT molecular complexity index is 441. The Morgan fingerprint density at radius 1 is 1.29 bits per heavy atom. The summed E-state index contributed by atoms with van der Waals surface area (Å²) in [4.78, 5) is 15.9. The van der Waals surface area contributed by atoms with E-state index in [1.165, 1.54) is 0 Å². The maximum absolute atomic E-state index is 12.0. The standard InChI is InChI=1S/C16H25N3O2/c1-18(13-16(20)19-8-2-3-9-19)10-11-21-15-6-4-14(12-17)5-7-15/h4-7H,2-3,8-13,17H2,1H3. The number of benzene rings is 1. The Morgan fingerprint density at radius 3 is 2.57 bits per heavy atom. The molecule has 0 aliphatic carbocycles. The first kappa shape index (κ1) is 15.8. The molecule has 2 rings (SSSR count). The summed E-state index contributed by atoms with van der Waals surface area (Å²) >= 11 is 0. The zero-order valence-electron chi connectivity index (χ0n) is 12.8. The molecular formula is C16H25N3O2. The van der Waals surface area contributed by atoms with E-state index in [2.05, 4.69) is 0 Å². The van der Waals surface area contributed by atoms with Gasteiger partial charge in [-0.1, -0.05) is 12.1 Å². The fourth-order valence-electron chi connectivity index (χ4n) is 2.42. The lowest BCUT2D eigenvalue weighted by atomic mass is 10.2. The third-order valence-corrected chi connectivity index (χ3v) is 3.76. The topological polar surface area (TPSA) is 58.8 Å². The molecule has 0 bridgehead atoms. The second kappa shape index (κ2) is 8.00. The van der Waals surface area contributed by atoms with Gasteiger partial charge in [-0.25, -0.2) is 0 Å². The SMILES string of the molecule is CN(CCOc1ccc(CN)cc1)CC(=O)N1CCCC1. The fraction of sp³-hybridized carbons (Fsp3) is 0.562. The van der Waals surface area contributed by atoms with Crippen LogP contribution in [-0.4, -0.2) is 55.5 Å². The molecule has 21 heavy (non-hydrogen) atoms. The van der Waals surface area contributed by atoms with Crippen LogP contribution in [0.15, 0.2) is 24.3 Å². The highest BCUT2D eigenvalue weighted by Crippen LogP contribution is 2.12. The highest BCUT2D eigenvalue weighted by atomic mass is 16.5. The molecule has 1 heterocycles. The van der Waals surface area contributed by atoms with Gasteiger partial charge < -0.3 is 15.4 Å². The molecule has 5 heteroatoms. The number of likely N-dealkylation sites (N-methyl/N-ethyl adjacent to an activating group) is 1. The number of hydrogen-bond donors (Lipinski definition) is 1. The molecule has 1 fully saturated rings. The lowest BCUT2D eigenvalue weighted by Gasteiger charge is -2.21. The van der Waals surface area contributed by atoms with Crippen molar-refractivity contribution in [3.8, 4) is 5.75 Å². The first-order chi connectivity index (χ1) is 10.2. The van der Waals surface area contributed by atoms with Crippen molar-refractivity contribution >= 4 is 5.91 Å². The van der Waals surface area contributed by atoms with Crippen molar-refractivity contribution < 1.29 is 9.53 Å². The van der Waals surface area contributed by atoms with Crippen molar-refractivity contribution in [2.24, 2.45) is 5.73 Å². The van der Waals surface area contributed by atoms with Crippen molar-refractivity contribution in [1.82, 2.24) is 9.80 Å². The average molecular weight is 291 g/mol. The maximum Gasteiger partial charge on any atom is 0.236 e. The smallest absolute Gasteiger partial charge is 0.236 e. The van der Waals surface area contributed by atoms with Crippen LogP contribution in [0.5, 0.6) is 5.75 Å². The van der Waals surface area contributed by atoms with Crippen LogP contribution in [0.2, 0.25) is 0 Å². The van der Waals surface area contributed by atoms with Crippen LogP contribution >= 0.6 is 0 Å². The lowest BCUT2D eigenvalue weighted by Crippen LogP contribution is -2.38. The monoisotopic (exact) mass is 291 g/mol. The molecule has 0 spiro atoms. The molecule has 1 aromatic rings. The molecule has 1 saturated heterocycles. The number of nitrogens with zero attached hydrogens (tertiary/aromatic N) is 2. The van der Waals surface area contributed by atoms with Crippen LogP contribution in [0.4, 0.5) is 0 Å². The minimum absolute atomic E-state index is 0.224. The first-order valence-corrected chi connectivity index (χ1v) is 7.57. The van der Waals surface area contributed by atoms with Gasteiger partial charge >= 0.3 is 0 Å². The fourth-order valence-corrected chi connectivity index (χ4v) is 2.42. The number of nitrogens with two attached hydrogens (primary N) is 1. The number of carbonyl (C=O) groups excluding carboxylic acids is 1. The van der Waals surface area contributed by atoms with Crippen molar-refractivity contribution in [1.29, 1.82) is 0 Å². The Labute approximate surface area is 126 Å². The van der Waals surface area contributed by atoms with Crippen LogP contribution in [0, 0.1) is 0 Å². The van der Waals surface area contributed by atoms with Gasteiger partial charge in [-0.3, -0.25) is 9.69 Å². The number of amides is 1. The van der Waals surface area contributed by atoms with E-state index in [0.29, 0.717) is 19.7 Å². The third kappa shape index (κ3) is 5.02. The van der Waals surface area contributed by atoms with Gasteiger partial charge in [-0.05, 0) is 37.6 Å². The van der Waals surface area contributed by atoms with E-state index in [9.17, 15) is 4.79 Å². The Morgan fingerprint density at radius 2 is 1.95 bits per heavy atom. The second-order valence-electron chi connectivity index (χ2n) is 5.52. The van der Waals surface area contributed by atoms with Gasteiger partial charge in [0.15, 0.2) is 0 Å². The van der Waals surface area contributed by atoms with Crippen molar-refractivity contribution in [3.05, 3.63) is 29.8 Å². The van der Waals surface area contributed by atoms with Crippen LogP contribution in [0.3, 0.4) is 0 Å². The minimum atomic E-state index is 0.224. The van der Waals surface area contributed by atoms with Gasteiger partial charge in [0.25, 0.3) is 0 Å². The molecule has 1 aromatic carbocycles. The summed E-state index contributed by atoms with van der Waals surface area (Å²) in [5.41, 5.74) is 6.65. The second-order valence-corrected chi connectivity index (χ2v) is 5.52. The summed E-state index contributed by atoms with van der Waals surface area (Å²) in [7, 11) is 1.95. The molecular weight excluding hydrogens is 266 g/mol. The summed E-state index contributed by atoms with van der Waals surface area (Å²) in [6.07, 6.45) is 2.27. The molecule has 0 unspecified atom stereocenters. The first-order valence-electron chi connectivity index (χ1n) is 7.57. The summed E-state index contributed by atoms with van der Waals surface area (Å²) in [5, 5.41) is 0. The molecule has 0 radical (unpaired) electrons. The normalized spacial score (nSPS) is 14.7. The van der Waals surface area contributed by atoms with Gasteiger partial charge in [0.2, 0.25) is 5.91 Å². The van der Waals surface area contributed by atoms with Crippen molar-refractivity contribution in [3.63, 3.8) is 0 Å². The molecule has 2 N–H and O–H groups in total. The summed E-state index contributed by atoms with van der Waals surface area (Å²) in [6, 6.07) is 7.79. The van der Waals surface area contributed by atoms with E-state index >= 15 is 0 Å². The van der Waals surface area contributed by atoms with E-state index in [4.69, 9.17) is 10.5 Å². The number of rotatable bonds is 7. The van der Waals surface area contributed by atoms with E-state index in [0.717, 1.165) is 43.8 Å². The maximum atomic E-state index is 12.0. The van der Waals surface area contributed by atoms with E-state index < -0.39 is 0 Å². The quantitative estimate of drug-likeness (QED) is 0.816. The number of carbonyl (C=O) groups is 1. The predicted molar refractivity (Wildman–Crippen MR) is 83.1 cm³/mol. The highest BCUT2D eigenvalue weighted by Gasteiger charge is 2.18. The number of likely N-dealkylation sites (tertiary alicyclic amines) is 1. The zero-order valence-corrected chi connectivity index (χ0v) is 12.8. The van der Waals surface area contributed by atoms with Gasteiger partial charge in [0, 0.05) is 26.2 Å². The Kier molecular flexibility index (Phi) is 6.02. The van der Waals surface area contributed by atoms with Gasteiger partial charge in [0.05, 0.1) is 6.54 Å².